The second-order valence-electron chi connectivity index (χ2n) is 20.1. The Morgan fingerprint density at radius 2 is 1.07 bits per heavy atom. The average Bonchev–Trinajstić information content (AvgIpc) is 3.34. The van der Waals surface area contributed by atoms with Gasteiger partial charge < -0.3 is 52.6 Å². The fraction of sp³-hybridized carbons (Fsp3) is 0.833. The SMILES string of the molecule is CCCCCCCCCCCCCCOCC(=NC(=O)CCC[C@@H]1NC(=O)[C@H](CC(=O)O)NC(=O)CNC(=O)C(CCCCN=C(N)N)NC(=O)[C@@H](C(C)C)NC1=O)OCCCCCCCCCCCCCC. The highest BCUT2D eigenvalue weighted by atomic mass is 16.5. The molecule has 1 unspecified atom stereocenters. The van der Waals surface area contributed by atoms with Crippen LogP contribution < -0.4 is 38.1 Å². The highest BCUT2D eigenvalue weighted by molar-refractivity contribution is 5.98. The Hall–Kier alpha value is -4.81. The molecule has 1 rings (SSSR count). The Labute approximate surface area is 437 Å². The van der Waals surface area contributed by atoms with Crippen molar-refractivity contribution in [2.75, 3.05) is 32.9 Å². The van der Waals surface area contributed by atoms with Gasteiger partial charge in [0.05, 0.1) is 19.6 Å². The van der Waals surface area contributed by atoms with Gasteiger partial charge in [-0.2, -0.15) is 4.99 Å². The summed E-state index contributed by atoms with van der Waals surface area (Å²) in [5.74, 6) is -6.34. The summed E-state index contributed by atoms with van der Waals surface area (Å²) >= 11 is 0. The first kappa shape index (κ1) is 66.2. The minimum Gasteiger partial charge on any atom is -0.481 e. The highest BCUT2D eigenvalue weighted by Crippen LogP contribution is 2.15. The van der Waals surface area contributed by atoms with Crippen molar-refractivity contribution in [3.8, 4) is 0 Å². The smallest absolute Gasteiger partial charge is 0.305 e. The van der Waals surface area contributed by atoms with E-state index in [9.17, 15) is 38.7 Å². The Kier molecular flexibility index (Phi) is 39.5. The largest absolute Gasteiger partial charge is 0.481 e. The zero-order valence-corrected chi connectivity index (χ0v) is 45.5. The minimum absolute atomic E-state index is 0.0401. The van der Waals surface area contributed by atoms with Crippen molar-refractivity contribution in [1.82, 2.24) is 26.6 Å². The molecule has 0 spiro atoms. The number of carboxylic acids is 1. The van der Waals surface area contributed by atoms with E-state index in [0.29, 0.717) is 26.1 Å². The Balaban J connectivity index is 3.06. The molecule has 1 heterocycles. The number of aliphatic carboxylic acids is 1. The van der Waals surface area contributed by atoms with Crippen LogP contribution >= 0.6 is 0 Å². The van der Waals surface area contributed by atoms with E-state index in [0.717, 1.165) is 38.5 Å². The number of unbranched alkanes of at least 4 members (excludes halogenated alkanes) is 23. The summed E-state index contributed by atoms with van der Waals surface area (Å²) in [6.45, 7) is 8.46. The van der Waals surface area contributed by atoms with Gasteiger partial charge in [-0.25, -0.2) is 0 Å². The van der Waals surface area contributed by atoms with Crippen molar-refractivity contribution in [2.45, 2.75) is 251 Å². The summed E-state index contributed by atoms with van der Waals surface area (Å²) in [7, 11) is 0. The third-order valence-electron chi connectivity index (χ3n) is 12.9. The number of aliphatic imine (C=N–C) groups is 2. The Morgan fingerprint density at radius 3 is 1.59 bits per heavy atom. The normalized spacial score (nSPS) is 18.2. The molecule has 0 radical (unpaired) electrons. The summed E-state index contributed by atoms with van der Waals surface area (Å²) in [6, 6.07) is -5.28. The molecule has 0 aliphatic carbocycles. The molecule has 0 saturated carbocycles. The monoisotopic (exact) mass is 1030 g/mol. The number of nitrogens with two attached hydrogens (primary N) is 2. The van der Waals surface area contributed by atoms with Gasteiger partial charge in [0.2, 0.25) is 41.3 Å². The van der Waals surface area contributed by atoms with E-state index in [4.69, 9.17) is 20.9 Å². The van der Waals surface area contributed by atoms with E-state index in [-0.39, 0.29) is 50.7 Å². The van der Waals surface area contributed by atoms with Crippen LogP contribution in [-0.2, 0) is 43.0 Å². The summed E-state index contributed by atoms with van der Waals surface area (Å²) in [5, 5.41) is 22.3. The minimum atomic E-state index is -1.62. The molecule has 19 nitrogen and oxygen atoms in total. The number of amides is 6. The fourth-order valence-corrected chi connectivity index (χ4v) is 8.54. The van der Waals surface area contributed by atoms with Crippen LogP contribution in [0.4, 0.5) is 0 Å². The van der Waals surface area contributed by atoms with Gasteiger partial charge in [-0.1, -0.05) is 169 Å². The molecule has 1 saturated heterocycles. The molecule has 1 aliphatic heterocycles. The lowest BCUT2D eigenvalue weighted by molar-refractivity contribution is -0.141. The molecule has 1 fully saturated rings. The van der Waals surface area contributed by atoms with Crippen molar-refractivity contribution in [2.24, 2.45) is 27.4 Å². The van der Waals surface area contributed by atoms with Gasteiger partial charge in [-0.05, 0) is 50.9 Å². The van der Waals surface area contributed by atoms with Gasteiger partial charge in [-0.3, -0.25) is 38.6 Å². The number of carboxylic acid groups (broad SMARTS) is 1. The third-order valence-corrected chi connectivity index (χ3v) is 12.9. The molecular weight excluding hydrogens is 935 g/mol. The second-order valence-corrected chi connectivity index (χ2v) is 20.1. The molecular formula is C54H99N9O10. The van der Waals surface area contributed by atoms with Crippen LogP contribution in [-0.4, -0.2) is 115 Å². The topological polar surface area (TPSA) is 295 Å². The summed E-state index contributed by atoms with van der Waals surface area (Å²) in [4.78, 5) is 101. The van der Waals surface area contributed by atoms with Crippen molar-refractivity contribution >= 4 is 53.3 Å². The molecule has 0 aromatic heterocycles. The van der Waals surface area contributed by atoms with Crippen molar-refractivity contribution in [3.63, 3.8) is 0 Å². The fourth-order valence-electron chi connectivity index (χ4n) is 8.54. The first-order valence-electron chi connectivity index (χ1n) is 28.2. The number of guanidine groups is 1. The predicted molar refractivity (Wildman–Crippen MR) is 288 cm³/mol. The van der Waals surface area contributed by atoms with Gasteiger partial charge >= 0.3 is 5.97 Å². The van der Waals surface area contributed by atoms with Crippen molar-refractivity contribution in [3.05, 3.63) is 0 Å². The molecule has 420 valence electrons. The maximum atomic E-state index is 14.0. The summed E-state index contributed by atoms with van der Waals surface area (Å²) in [5.41, 5.74) is 10.8. The number of hydrogen-bond donors (Lipinski definition) is 8. The van der Waals surface area contributed by atoms with Crippen molar-refractivity contribution in [1.29, 1.82) is 0 Å². The molecule has 1 aliphatic rings. The predicted octanol–water partition coefficient (Wildman–Crippen LogP) is 7.16. The first-order chi connectivity index (χ1) is 35.2. The Morgan fingerprint density at radius 1 is 0.589 bits per heavy atom. The number of hydrogen-bond acceptors (Lipinski definition) is 10. The maximum Gasteiger partial charge on any atom is 0.305 e. The molecule has 73 heavy (non-hydrogen) atoms. The van der Waals surface area contributed by atoms with Crippen LogP contribution in [0.5, 0.6) is 0 Å². The number of rotatable bonds is 40. The third kappa shape index (κ3) is 35.9. The number of ether oxygens (including phenoxy) is 2. The van der Waals surface area contributed by atoms with Crippen LogP contribution in [0.1, 0.15) is 227 Å². The molecule has 10 N–H and O–H groups in total. The Bertz CT molecular complexity index is 1620. The van der Waals surface area contributed by atoms with Crippen LogP contribution in [0.25, 0.3) is 0 Å². The zero-order chi connectivity index (χ0) is 53.9. The lowest BCUT2D eigenvalue weighted by Gasteiger charge is -2.27. The van der Waals surface area contributed by atoms with E-state index >= 15 is 0 Å². The molecule has 6 amide bonds. The zero-order valence-electron chi connectivity index (χ0n) is 45.5. The lowest BCUT2D eigenvalue weighted by atomic mass is 10.0. The number of nitrogens with zero attached hydrogens (tertiary/aromatic N) is 2. The van der Waals surface area contributed by atoms with Gasteiger partial charge in [0.1, 0.15) is 30.8 Å². The van der Waals surface area contributed by atoms with Crippen LogP contribution in [0.2, 0.25) is 0 Å². The summed E-state index contributed by atoms with van der Waals surface area (Å²) in [6.07, 6.45) is 29.2. The molecule has 0 aromatic carbocycles. The lowest BCUT2D eigenvalue weighted by Crippen LogP contribution is -2.59. The molecule has 4 atom stereocenters. The molecule has 0 bridgehead atoms. The highest BCUT2D eigenvalue weighted by Gasteiger charge is 2.34. The molecule has 0 aromatic rings. The summed E-state index contributed by atoms with van der Waals surface area (Å²) < 4.78 is 12.0. The standard InChI is InChI=1S/C54H99N9O10/c1-5-7-9-11-13-15-17-19-21-23-25-29-36-72-40-47(73-37-30-26-24-22-20-18-16-14-12-10-8-6-2)62-45(64)34-31-33-43-51(69)63-49(41(3)4)53(71)61-42(32-27-28-35-57-54(55)56)50(68)58-39-46(65)59-44(38-48(66)67)52(70)60-43/h41-44,49H,5-40H2,1-4H3,(H,58,68)(H,59,65)(H,60,70)(H,61,71)(H,63,69)(H,66,67)(H4,55,56,57)/t42?,43-,44-,49+/m0/s1. The maximum absolute atomic E-state index is 14.0. The van der Waals surface area contributed by atoms with Gasteiger partial charge in [0.15, 0.2) is 5.96 Å². The van der Waals surface area contributed by atoms with E-state index < -0.39 is 84.5 Å². The quantitative estimate of drug-likeness (QED) is 0.0172. The van der Waals surface area contributed by atoms with Crippen molar-refractivity contribution < 1.29 is 48.1 Å². The van der Waals surface area contributed by atoms with E-state index in [1.165, 1.54) is 116 Å². The van der Waals surface area contributed by atoms with Gasteiger partial charge in [0.25, 0.3) is 0 Å². The number of carbonyl (C=O) groups is 7. The first-order valence-corrected chi connectivity index (χ1v) is 28.2. The molecule has 19 heteroatoms. The van der Waals surface area contributed by atoms with Crippen LogP contribution in [0.15, 0.2) is 9.98 Å². The van der Waals surface area contributed by atoms with E-state index in [2.05, 4.69) is 50.4 Å². The number of nitrogens with one attached hydrogen (secondary N) is 5. The van der Waals surface area contributed by atoms with E-state index in [1.54, 1.807) is 13.8 Å². The second kappa shape index (κ2) is 43.6. The van der Waals surface area contributed by atoms with Crippen LogP contribution in [0.3, 0.4) is 0 Å². The van der Waals surface area contributed by atoms with E-state index in [1.807, 2.05) is 0 Å². The van der Waals surface area contributed by atoms with Crippen LogP contribution in [0, 0.1) is 5.92 Å². The van der Waals surface area contributed by atoms with Gasteiger partial charge in [-0.15, -0.1) is 0 Å². The van der Waals surface area contributed by atoms with Gasteiger partial charge in [0, 0.05) is 19.6 Å². The average molecular weight is 1030 g/mol. The number of carbonyl (C=O) groups excluding carboxylic acids is 6.